The Bertz CT molecular complexity index is 1210. The molecular weight excluding hydrogens is 372 g/mol. The van der Waals surface area contributed by atoms with Crippen molar-refractivity contribution in [3.05, 3.63) is 78.1 Å². The molecule has 6 rings (SSSR count). The maximum absolute atomic E-state index is 6.00. The van der Waals surface area contributed by atoms with Crippen LogP contribution >= 0.6 is 0 Å². The number of hydrogen-bond acceptors (Lipinski definition) is 4. The lowest BCUT2D eigenvalue weighted by Crippen LogP contribution is -2.25. The van der Waals surface area contributed by atoms with Gasteiger partial charge in [0.1, 0.15) is 12.4 Å². The summed E-state index contributed by atoms with van der Waals surface area (Å²) in [4.78, 5) is 4.67. The molecular formula is C25H24N4O. The van der Waals surface area contributed by atoms with E-state index in [0.29, 0.717) is 6.61 Å². The van der Waals surface area contributed by atoms with Gasteiger partial charge in [0.25, 0.3) is 0 Å². The van der Waals surface area contributed by atoms with Gasteiger partial charge in [0.2, 0.25) is 0 Å². The number of nitrogens with zero attached hydrogens (tertiary/aromatic N) is 3. The molecule has 4 aromatic rings. The number of aromatic nitrogens is 3. The molecule has 1 fully saturated rings. The molecule has 1 atom stereocenters. The second-order valence-corrected chi connectivity index (χ2v) is 8.45. The first-order valence-electron chi connectivity index (χ1n) is 10.7. The highest BCUT2D eigenvalue weighted by atomic mass is 16.5. The Morgan fingerprint density at radius 3 is 2.83 bits per heavy atom. The van der Waals surface area contributed by atoms with Gasteiger partial charge in [0.05, 0.1) is 11.2 Å². The molecule has 2 aliphatic rings. The average Bonchev–Trinajstić information content (AvgIpc) is 3.51. The predicted molar refractivity (Wildman–Crippen MR) is 118 cm³/mol. The van der Waals surface area contributed by atoms with Crippen LogP contribution in [0.4, 0.5) is 0 Å². The molecule has 150 valence electrons. The zero-order valence-corrected chi connectivity index (χ0v) is 16.8. The summed E-state index contributed by atoms with van der Waals surface area (Å²) in [5.41, 5.74) is 5.85. The second kappa shape index (κ2) is 6.96. The van der Waals surface area contributed by atoms with E-state index in [1.807, 2.05) is 36.5 Å². The Morgan fingerprint density at radius 2 is 1.97 bits per heavy atom. The van der Waals surface area contributed by atoms with E-state index < -0.39 is 0 Å². The molecule has 1 saturated heterocycles. The minimum absolute atomic E-state index is 0.272. The highest BCUT2D eigenvalue weighted by Gasteiger charge is 2.42. The van der Waals surface area contributed by atoms with Crippen molar-refractivity contribution < 1.29 is 4.74 Å². The lowest BCUT2D eigenvalue weighted by atomic mass is 9.82. The van der Waals surface area contributed by atoms with Crippen molar-refractivity contribution in [1.82, 2.24) is 20.1 Å². The van der Waals surface area contributed by atoms with Crippen LogP contribution in [0, 0.1) is 0 Å². The molecule has 1 spiro atoms. The summed E-state index contributed by atoms with van der Waals surface area (Å²) in [7, 11) is 0. The van der Waals surface area contributed by atoms with Gasteiger partial charge in [-0.3, -0.25) is 9.67 Å². The van der Waals surface area contributed by atoms with Crippen molar-refractivity contribution in [2.75, 3.05) is 13.1 Å². The first-order valence-corrected chi connectivity index (χ1v) is 10.7. The first-order chi connectivity index (χ1) is 14.8. The highest BCUT2D eigenvalue weighted by molar-refractivity contribution is 5.84. The molecule has 2 aliphatic heterocycles. The van der Waals surface area contributed by atoms with Gasteiger partial charge in [0.15, 0.2) is 0 Å². The van der Waals surface area contributed by atoms with E-state index in [-0.39, 0.29) is 5.41 Å². The van der Waals surface area contributed by atoms with Gasteiger partial charge in [-0.2, -0.15) is 5.10 Å². The van der Waals surface area contributed by atoms with Crippen molar-refractivity contribution in [3.8, 4) is 17.0 Å². The van der Waals surface area contributed by atoms with E-state index >= 15 is 0 Å². The van der Waals surface area contributed by atoms with Crippen LogP contribution in [-0.4, -0.2) is 27.9 Å². The maximum Gasteiger partial charge on any atom is 0.120 e. The summed E-state index contributed by atoms with van der Waals surface area (Å²) < 4.78 is 8.20. The predicted octanol–water partition coefficient (Wildman–Crippen LogP) is 4.31. The lowest BCUT2D eigenvalue weighted by Gasteiger charge is -2.20. The van der Waals surface area contributed by atoms with Gasteiger partial charge in [-0.05, 0) is 55.3 Å². The number of nitrogens with one attached hydrogen (secondary N) is 1. The number of fused-ring (bicyclic) bond motifs is 3. The zero-order valence-electron chi connectivity index (χ0n) is 16.8. The number of aryl methyl sites for hydroxylation is 1. The van der Waals surface area contributed by atoms with Crippen LogP contribution in [0.15, 0.2) is 66.9 Å². The van der Waals surface area contributed by atoms with Crippen molar-refractivity contribution in [1.29, 1.82) is 0 Å². The van der Waals surface area contributed by atoms with Crippen LogP contribution in [0.2, 0.25) is 0 Å². The molecule has 0 saturated carbocycles. The van der Waals surface area contributed by atoms with Crippen molar-refractivity contribution in [2.24, 2.45) is 0 Å². The minimum atomic E-state index is 0.272. The molecule has 1 N–H and O–H groups in total. The van der Waals surface area contributed by atoms with Crippen LogP contribution in [0.1, 0.15) is 24.1 Å². The number of ether oxygens (including phenoxy) is 1. The van der Waals surface area contributed by atoms with Crippen molar-refractivity contribution in [2.45, 2.75) is 31.4 Å². The molecule has 5 nitrogen and oxygen atoms in total. The molecule has 0 amide bonds. The second-order valence-electron chi connectivity index (χ2n) is 8.45. The van der Waals surface area contributed by atoms with E-state index in [4.69, 9.17) is 9.84 Å². The highest BCUT2D eigenvalue weighted by Crippen LogP contribution is 2.41. The Labute approximate surface area is 175 Å². The molecule has 0 radical (unpaired) electrons. The molecule has 30 heavy (non-hydrogen) atoms. The molecule has 0 aliphatic carbocycles. The third-order valence-corrected chi connectivity index (χ3v) is 6.57. The Balaban J connectivity index is 1.29. The monoisotopic (exact) mass is 396 g/mol. The number of benzene rings is 2. The summed E-state index contributed by atoms with van der Waals surface area (Å²) in [6.45, 7) is 3.73. The molecule has 5 heteroatoms. The van der Waals surface area contributed by atoms with Crippen molar-refractivity contribution >= 4 is 10.9 Å². The Morgan fingerprint density at radius 1 is 1.03 bits per heavy atom. The van der Waals surface area contributed by atoms with Crippen molar-refractivity contribution in [3.63, 3.8) is 0 Å². The summed E-state index contributed by atoms with van der Waals surface area (Å²) >= 11 is 0. The van der Waals surface area contributed by atoms with E-state index in [2.05, 4.69) is 45.3 Å². The summed E-state index contributed by atoms with van der Waals surface area (Å²) in [5, 5.41) is 9.51. The van der Waals surface area contributed by atoms with Crippen LogP contribution in [-0.2, 0) is 18.6 Å². The van der Waals surface area contributed by atoms with Gasteiger partial charge in [0, 0.05) is 41.3 Å². The van der Waals surface area contributed by atoms with Gasteiger partial charge in [-0.25, -0.2) is 0 Å². The summed E-state index contributed by atoms with van der Waals surface area (Å²) in [5.74, 6) is 0.855. The summed E-state index contributed by atoms with van der Waals surface area (Å²) in [6.07, 6.45) is 4.33. The fraction of sp³-hybridized carbons (Fsp3) is 0.280. The molecule has 2 aromatic carbocycles. The van der Waals surface area contributed by atoms with Gasteiger partial charge in [-0.15, -0.1) is 0 Å². The van der Waals surface area contributed by atoms with E-state index in [1.165, 1.54) is 18.5 Å². The van der Waals surface area contributed by atoms with E-state index in [9.17, 15) is 0 Å². The topological polar surface area (TPSA) is 52.0 Å². The molecule has 4 heterocycles. The third-order valence-electron chi connectivity index (χ3n) is 6.57. The van der Waals surface area contributed by atoms with E-state index in [1.54, 1.807) is 0 Å². The zero-order chi connectivity index (χ0) is 20.0. The standard InChI is InChI=1S/C25H24N4O/c1-2-4-18(5-3-1)16-30-21-6-7-22-19(13-21)12-20(15-27-22)23-14-24-25(8-10-26-17-25)9-11-29(24)28-23/h1-7,12-15,26H,8-11,16-17H2. The van der Waals surface area contributed by atoms with E-state index in [0.717, 1.165) is 53.1 Å². The van der Waals surface area contributed by atoms with Crippen LogP contribution in [0.25, 0.3) is 22.2 Å². The Kier molecular flexibility index (Phi) is 4.09. The first kappa shape index (κ1) is 17.7. The smallest absolute Gasteiger partial charge is 0.120 e. The van der Waals surface area contributed by atoms with Crippen LogP contribution < -0.4 is 10.1 Å². The summed E-state index contributed by atoms with van der Waals surface area (Å²) in [6, 6.07) is 20.8. The number of hydrogen-bond donors (Lipinski definition) is 1. The maximum atomic E-state index is 6.00. The van der Waals surface area contributed by atoms with Crippen LogP contribution in [0.3, 0.4) is 0 Å². The SMILES string of the molecule is c1ccc(COc2ccc3ncc(-c4cc5n(n4)CCC54CCNC4)cc3c2)cc1. The fourth-order valence-corrected chi connectivity index (χ4v) is 4.86. The molecule has 2 aromatic heterocycles. The average molecular weight is 396 g/mol. The van der Waals surface area contributed by atoms with Gasteiger partial charge < -0.3 is 10.1 Å². The third kappa shape index (κ3) is 2.97. The van der Waals surface area contributed by atoms with Crippen LogP contribution in [0.5, 0.6) is 5.75 Å². The number of pyridine rings is 1. The minimum Gasteiger partial charge on any atom is -0.489 e. The number of rotatable bonds is 4. The Hall–Kier alpha value is -3.18. The lowest BCUT2D eigenvalue weighted by molar-refractivity contribution is 0.306. The quantitative estimate of drug-likeness (QED) is 0.558. The largest absolute Gasteiger partial charge is 0.489 e. The molecule has 1 unspecified atom stereocenters. The fourth-order valence-electron chi connectivity index (χ4n) is 4.86. The molecule has 0 bridgehead atoms. The van der Waals surface area contributed by atoms with Gasteiger partial charge in [-0.1, -0.05) is 30.3 Å². The normalized spacial score (nSPS) is 20.1. The van der Waals surface area contributed by atoms with Gasteiger partial charge >= 0.3 is 0 Å².